The summed E-state index contributed by atoms with van der Waals surface area (Å²) in [6.45, 7) is 10.1. The molecule has 0 fully saturated rings. The van der Waals surface area contributed by atoms with Crippen LogP contribution in [0.25, 0.3) is 0 Å². The van der Waals surface area contributed by atoms with Gasteiger partial charge in [0.1, 0.15) is 0 Å². The number of hydrogen-bond acceptors (Lipinski definition) is 3. The Balaban J connectivity index is 3.78. The van der Waals surface area contributed by atoms with Gasteiger partial charge in [0.15, 0.2) is 0 Å². The number of ether oxygens (including phenoxy) is 1. The van der Waals surface area contributed by atoms with Gasteiger partial charge in [0.2, 0.25) is 0 Å². The highest BCUT2D eigenvalue weighted by atomic mass is 16.5. The first-order valence-corrected chi connectivity index (χ1v) is 7.19. The van der Waals surface area contributed by atoms with Gasteiger partial charge in [-0.05, 0) is 34.1 Å². The fourth-order valence-corrected chi connectivity index (χ4v) is 1.49. The number of carbonyl (C=O) groups excluding carboxylic acids is 1. The van der Waals surface area contributed by atoms with Gasteiger partial charge < -0.3 is 10.5 Å². The van der Waals surface area contributed by atoms with Crippen LogP contribution in [-0.2, 0) is 9.53 Å². The molecule has 0 heterocycles. The van der Waals surface area contributed by atoms with Crippen molar-refractivity contribution >= 4 is 5.97 Å². The van der Waals surface area contributed by atoms with E-state index in [1.807, 2.05) is 27.7 Å². The smallest absolute Gasteiger partial charge is 0.313 e. The molecule has 0 amide bonds. The molecule has 3 heteroatoms. The second-order valence-corrected chi connectivity index (χ2v) is 6.25. The van der Waals surface area contributed by atoms with Gasteiger partial charge in [-0.1, -0.05) is 39.0 Å². The summed E-state index contributed by atoms with van der Waals surface area (Å²) in [6, 6.07) is 0. The van der Waals surface area contributed by atoms with Crippen molar-refractivity contribution < 1.29 is 9.53 Å². The second kappa shape index (κ2) is 7.78. The average molecular weight is 257 g/mol. The predicted octanol–water partition coefficient (Wildman–Crippen LogP) is 3.65. The van der Waals surface area contributed by atoms with Gasteiger partial charge in [-0.2, -0.15) is 0 Å². The Bertz CT molecular complexity index is 241. The van der Waals surface area contributed by atoms with Crippen molar-refractivity contribution in [1.29, 1.82) is 0 Å². The molecule has 0 saturated carbocycles. The van der Waals surface area contributed by atoms with Crippen LogP contribution in [0.5, 0.6) is 0 Å². The van der Waals surface area contributed by atoms with E-state index in [1.54, 1.807) is 0 Å². The summed E-state index contributed by atoms with van der Waals surface area (Å²) in [5.41, 5.74) is 4.79. The Hall–Kier alpha value is -0.570. The van der Waals surface area contributed by atoms with E-state index in [1.165, 1.54) is 25.7 Å². The molecule has 0 bridgehead atoms. The Morgan fingerprint density at radius 1 is 1.00 bits per heavy atom. The first-order valence-electron chi connectivity index (χ1n) is 7.19. The van der Waals surface area contributed by atoms with Crippen LogP contribution in [0, 0.1) is 5.41 Å². The van der Waals surface area contributed by atoms with Gasteiger partial charge in [0.25, 0.3) is 0 Å². The van der Waals surface area contributed by atoms with E-state index in [2.05, 4.69) is 6.92 Å². The third kappa shape index (κ3) is 5.85. The quantitative estimate of drug-likeness (QED) is 0.506. The number of carbonyl (C=O) groups is 1. The number of unbranched alkanes of at least 4 members (excludes halogenated alkanes) is 5. The van der Waals surface area contributed by atoms with Crippen LogP contribution in [-0.4, -0.2) is 18.1 Å². The second-order valence-electron chi connectivity index (χ2n) is 6.25. The molecule has 0 aromatic carbocycles. The molecule has 0 aliphatic heterocycles. The van der Waals surface area contributed by atoms with E-state index in [9.17, 15) is 4.79 Å². The van der Waals surface area contributed by atoms with Gasteiger partial charge in [0, 0.05) is 5.54 Å². The minimum atomic E-state index is -0.644. The highest BCUT2D eigenvalue weighted by Crippen LogP contribution is 2.29. The van der Waals surface area contributed by atoms with E-state index in [4.69, 9.17) is 10.5 Å². The highest BCUT2D eigenvalue weighted by Gasteiger charge is 2.41. The van der Waals surface area contributed by atoms with Crippen LogP contribution in [0.3, 0.4) is 0 Å². The predicted molar refractivity (Wildman–Crippen MR) is 76.4 cm³/mol. The Morgan fingerprint density at radius 3 is 2.00 bits per heavy atom. The largest absolute Gasteiger partial charge is 0.465 e. The monoisotopic (exact) mass is 257 g/mol. The molecule has 0 saturated heterocycles. The van der Waals surface area contributed by atoms with Gasteiger partial charge in [-0.3, -0.25) is 4.79 Å². The van der Waals surface area contributed by atoms with Gasteiger partial charge >= 0.3 is 5.97 Å². The van der Waals surface area contributed by atoms with Gasteiger partial charge in [-0.25, -0.2) is 0 Å². The zero-order chi connectivity index (χ0) is 14.2. The first-order chi connectivity index (χ1) is 8.23. The van der Waals surface area contributed by atoms with Crippen molar-refractivity contribution in [2.45, 2.75) is 78.7 Å². The molecule has 0 atom stereocenters. The molecule has 2 N–H and O–H groups in total. The number of nitrogens with two attached hydrogens (primary N) is 1. The minimum Gasteiger partial charge on any atom is -0.465 e. The third-order valence-electron chi connectivity index (χ3n) is 3.85. The maximum Gasteiger partial charge on any atom is 0.313 e. The number of esters is 1. The number of hydrogen-bond donors (Lipinski definition) is 1. The lowest BCUT2D eigenvalue weighted by Gasteiger charge is -2.35. The van der Waals surface area contributed by atoms with E-state index in [0.717, 1.165) is 12.8 Å². The SMILES string of the molecule is CCCCCCCCOC(=O)C(C)(C)C(C)(C)N. The van der Waals surface area contributed by atoms with E-state index >= 15 is 0 Å². The van der Waals surface area contributed by atoms with E-state index < -0.39 is 11.0 Å². The van der Waals surface area contributed by atoms with Crippen LogP contribution >= 0.6 is 0 Å². The van der Waals surface area contributed by atoms with Crippen LogP contribution < -0.4 is 5.73 Å². The van der Waals surface area contributed by atoms with Crippen LogP contribution in [0.1, 0.15) is 73.1 Å². The standard InChI is InChI=1S/C15H31NO2/c1-6-7-8-9-10-11-12-18-13(17)14(2,3)15(4,5)16/h6-12,16H2,1-5H3. The summed E-state index contributed by atoms with van der Waals surface area (Å²) in [5.74, 6) is -0.191. The third-order valence-corrected chi connectivity index (χ3v) is 3.85. The van der Waals surface area contributed by atoms with E-state index in [0.29, 0.717) is 6.61 Å². The van der Waals surface area contributed by atoms with Crippen LogP contribution in [0.4, 0.5) is 0 Å². The molecule has 0 rings (SSSR count). The van der Waals surface area contributed by atoms with Crippen molar-refractivity contribution in [1.82, 2.24) is 0 Å². The normalized spacial score (nSPS) is 12.6. The lowest BCUT2D eigenvalue weighted by Crippen LogP contribution is -2.52. The summed E-state index contributed by atoms with van der Waals surface area (Å²) in [7, 11) is 0. The minimum absolute atomic E-state index is 0.191. The Labute approximate surface area is 112 Å². The maximum absolute atomic E-state index is 11.9. The molecule has 0 radical (unpaired) electrons. The summed E-state index contributed by atoms with van der Waals surface area (Å²) in [6.07, 6.45) is 7.17. The molecule has 0 aliphatic rings. The summed E-state index contributed by atoms with van der Waals surface area (Å²) >= 11 is 0. The molecule has 0 spiro atoms. The summed E-state index contributed by atoms with van der Waals surface area (Å²) < 4.78 is 5.32. The zero-order valence-electron chi connectivity index (χ0n) is 12.8. The summed E-state index contributed by atoms with van der Waals surface area (Å²) in [4.78, 5) is 11.9. The van der Waals surface area contributed by atoms with Crippen molar-refractivity contribution in [2.75, 3.05) is 6.61 Å². The lowest BCUT2D eigenvalue weighted by atomic mass is 9.75. The van der Waals surface area contributed by atoms with Crippen molar-refractivity contribution in [2.24, 2.45) is 11.1 Å². The fraction of sp³-hybridized carbons (Fsp3) is 0.933. The Kier molecular flexibility index (Phi) is 7.53. The molecular formula is C15H31NO2. The molecule has 0 aromatic heterocycles. The van der Waals surface area contributed by atoms with E-state index in [-0.39, 0.29) is 5.97 Å². The van der Waals surface area contributed by atoms with Gasteiger partial charge in [-0.15, -0.1) is 0 Å². The number of rotatable bonds is 9. The van der Waals surface area contributed by atoms with Crippen molar-refractivity contribution in [3.05, 3.63) is 0 Å². The molecule has 0 aromatic rings. The fourth-order valence-electron chi connectivity index (χ4n) is 1.49. The Morgan fingerprint density at radius 2 is 1.50 bits per heavy atom. The molecule has 108 valence electrons. The lowest BCUT2D eigenvalue weighted by molar-refractivity contribution is -0.157. The molecule has 0 unspecified atom stereocenters. The molecular weight excluding hydrogens is 226 g/mol. The van der Waals surface area contributed by atoms with Gasteiger partial charge in [0.05, 0.1) is 12.0 Å². The van der Waals surface area contributed by atoms with Crippen LogP contribution in [0.15, 0.2) is 0 Å². The summed E-state index contributed by atoms with van der Waals surface area (Å²) in [5, 5.41) is 0. The average Bonchev–Trinajstić information content (AvgIpc) is 2.26. The van der Waals surface area contributed by atoms with Crippen LogP contribution in [0.2, 0.25) is 0 Å². The molecule has 0 aliphatic carbocycles. The first kappa shape index (κ1) is 17.4. The highest BCUT2D eigenvalue weighted by molar-refractivity contribution is 5.77. The topological polar surface area (TPSA) is 52.3 Å². The molecule has 18 heavy (non-hydrogen) atoms. The van der Waals surface area contributed by atoms with Crippen molar-refractivity contribution in [3.63, 3.8) is 0 Å². The van der Waals surface area contributed by atoms with Crippen molar-refractivity contribution in [3.8, 4) is 0 Å². The zero-order valence-corrected chi connectivity index (χ0v) is 12.8. The molecule has 3 nitrogen and oxygen atoms in total. The maximum atomic E-state index is 11.9.